The van der Waals surface area contributed by atoms with Crippen LogP contribution in [0.25, 0.3) is 11.1 Å². The minimum atomic E-state index is -0.0318. The molecule has 142 valence electrons. The third-order valence-electron chi connectivity index (χ3n) is 4.60. The van der Waals surface area contributed by atoms with Gasteiger partial charge in [0.25, 0.3) is 0 Å². The molecule has 0 aliphatic rings. The lowest BCUT2D eigenvalue weighted by Gasteiger charge is -2.12. The van der Waals surface area contributed by atoms with E-state index in [2.05, 4.69) is 59.1 Å². The number of hydrogen-bond donors (Lipinski definition) is 2. The van der Waals surface area contributed by atoms with Crippen LogP contribution in [-0.2, 0) is 0 Å². The number of hydrogen-bond acceptors (Lipinski definition) is 5. The van der Waals surface area contributed by atoms with Crippen molar-refractivity contribution in [3.63, 3.8) is 0 Å². The molecule has 5 nitrogen and oxygen atoms in total. The molecule has 2 aromatic carbocycles. The summed E-state index contributed by atoms with van der Waals surface area (Å²) in [4.78, 5) is 8.13. The summed E-state index contributed by atoms with van der Waals surface area (Å²) in [5.74, 6) is 7.59. The molecule has 28 heavy (non-hydrogen) atoms. The van der Waals surface area contributed by atoms with E-state index in [1.807, 2.05) is 26.0 Å². The first-order chi connectivity index (χ1) is 13.4. The van der Waals surface area contributed by atoms with Gasteiger partial charge in [0.1, 0.15) is 11.6 Å². The van der Waals surface area contributed by atoms with Gasteiger partial charge >= 0.3 is 0 Å². The second-order valence-electron chi connectivity index (χ2n) is 6.78. The molecule has 0 spiro atoms. The second-order valence-corrected chi connectivity index (χ2v) is 6.78. The van der Waals surface area contributed by atoms with Crippen LogP contribution in [-0.4, -0.2) is 17.1 Å². The Hall–Kier alpha value is -3.52. The molecular weight excluding hydrogens is 348 g/mol. The van der Waals surface area contributed by atoms with Crippen LogP contribution < -0.4 is 16.2 Å². The highest BCUT2D eigenvalue weighted by atomic mass is 16.5. The van der Waals surface area contributed by atoms with E-state index in [0.717, 1.165) is 22.4 Å². The molecule has 0 fully saturated rings. The fraction of sp³-hybridized carbons (Fsp3) is 0.217. The van der Waals surface area contributed by atoms with Crippen molar-refractivity contribution in [1.82, 2.24) is 9.97 Å². The molecule has 3 aromatic rings. The van der Waals surface area contributed by atoms with E-state index < -0.39 is 0 Å². The minimum Gasteiger partial charge on any atom is -0.497 e. The Bertz CT molecular complexity index is 1040. The summed E-state index contributed by atoms with van der Waals surface area (Å²) in [6, 6.07) is 14.6. The van der Waals surface area contributed by atoms with Crippen LogP contribution in [0.3, 0.4) is 0 Å². The zero-order chi connectivity index (χ0) is 20.3. The lowest BCUT2D eigenvalue weighted by Crippen LogP contribution is -2.05. The Kier molecular flexibility index (Phi) is 5.51. The van der Waals surface area contributed by atoms with Gasteiger partial charge in [-0.3, -0.25) is 0 Å². The number of ether oxygens (including phenoxy) is 1. The van der Waals surface area contributed by atoms with E-state index in [-0.39, 0.29) is 11.9 Å². The first-order valence-corrected chi connectivity index (χ1v) is 9.04. The van der Waals surface area contributed by atoms with Crippen molar-refractivity contribution in [2.24, 2.45) is 0 Å². The number of nitrogens with zero attached hydrogens (tertiary/aromatic N) is 2. The van der Waals surface area contributed by atoms with Crippen LogP contribution >= 0.6 is 0 Å². The predicted molar refractivity (Wildman–Crippen MR) is 114 cm³/mol. The Morgan fingerprint density at radius 2 is 1.68 bits per heavy atom. The summed E-state index contributed by atoms with van der Waals surface area (Å²) in [6.45, 7) is 5.95. The molecular formula is C23H24N4O. The van der Waals surface area contributed by atoms with E-state index in [1.54, 1.807) is 7.11 Å². The molecule has 0 aliphatic carbocycles. The summed E-state index contributed by atoms with van der Waals surface area (Å²) in [7, 11) is 1.67. The van der Waals surface area contributed by atoms with E-state index in [1.165, 1.54) is 5.56 Å². The van der Waals surface area contributed by atoms with Gasteiger partial charge in [0, 0.05) is 5.92 Å². The van der Waals surface area contributed by atoms with Gasteiger partial charge in [-0.25, -0.2) is 4.98 Å². The number of anilines is 2. The van der Waals surface area contributed by atoms with E-state index >= 15 is 0 Å². The second kappa shape index (κ2) is 8.01. The number of rotatable bonds is 3. The minimum absolute atomic E-state index is 0.0318. The van der Waals surface area contributed by atoms with Gasteiger partial charge in [-0.1, -0.05) is 41.7 Å². The Labute approximate surface area is 165 Å². The van der Waals surface area contributed by atoms with Gasteiger partial charge in [0.2, 0.25) is 5.95 Å². The van der Waals surface area contributed by atoms with Crippen LogP contribution in [0.5, 0.6) is 5.75 Å². The van der Waals surface area contributed by atoms with Crippen LogP contribution in [0.4, 0.5) is 11.8 Å². The molecule has 3 rings (SSSR count). The van der Waals surface area contributed by atoms with Gasteiger partial charge in [-0.05, 0) is 55.7 Å². The molecule has 4 N–H and O–H groups in total. The zero-order valence-electron chi connectivity index (χ0n) is 16.6. The zero-order valence-corrected chi connectivity index (χ0v) is 16.6. The number of nitrogens with two attached hydrogens (primary N) is 2. The van der Waals surface area contributed by atoms with Crippen LogP contribution in [0, 0.1) is 25.7 Å². The van der Waals surface area contributed by atoms with Crippen molar-refractivity contribution in [3.8, 4) is 28.7 Å². The lowest BCUT2D eigenvalue weighted by atomic mass is 9.95. The van der Waals surface area contributed by atoms with Gasteiger partial charge in [-0.2, -0.15) is 4.98 Å². The monoisotopic (exact) mass is 372 g/mol. The number of aryl methyl sites for hydroxylation is 2. The normalized spacial score (nSPS) is 11.4. The van der Waals surface area contributed by atoms with Gasteiger partial charge in [-0.15, -0.1) is 0 Å². The van der Waals surface area contributed by atoms with E-state index in [4.69, 9.17) is 16.2 Å². The van der Waals surface area contributed by atoms with Crippen molar-refractivity contribution in [3.05, 3.63) is 64.8 Å². The summed E-state index contributed by atoms with van der Waals surface area (Å²) in [6.07, 6.45) is 0. The third-order valence-corrected chi connectivity index (χ3v) is 4.60. The van der Waals surface area contributed by atoms with Crippen LogP contribution in [0.15, 0.2) is 42.5 Å². The third kappa shape index (κ3) is 4.24. The van der Waals surface area contributed by atoms with Crippen molar-refractivity contribution >= 4 is 11.8 Å². The number of nitrogen functional groups attached to an aromatic ring is 2. The molecule has 1 atom stereocenters. The maximum Gasteiger partial charge on any atom is 0.222 e. The molecule has 0 bridgehead atoms. The molecule has 0 saturated carbocycles. The van der Waals surface area contributed by atoms with Crippen molar-refractivity contribution in [1.29, 1.82) is 0 Å². The highest BCUT2D eigenvalue weighted by Gasteiger charge is 2.10. The molecule has 1 aromatic heterocycles. The number of methoxy groups -OCH3 is 1. The molecule has 0 amide bonds. The Morgan fingerprint density at radius 1 is 0.964 bits per heavy atom. The summed E-state index contributed by atoms with van der Waals surface area (Å²) >= 11 is 0. The van der Waals surface area contributed by atoms with Gasteiger partial charge in [0.15, 0.2) is 0 Å². The van der Waals surface area contributed by atoms with Gasteiger partial charge in [0.05, 0.1) is 18.4 Å². The van der Waals surface area contributed by atoms with Crippen molar-refractivity contribution in [2.75, 3.05) is 18.6 Å². The van der Waals surface area contributed by atoms with Crippen molar-refractivity contribution < 1.29 is 4.74 Å². The smallest absolute Gasteiger partial charge is 0.222 e. The standard InChI is InChI=1S/C23H24N4O/c1-14-5-8-17(9-6-14)19-11-18(12-20(13-19)28-4)15(2)7-10-21-16(3)26-23(25)27-22(21)24/h5-6,8-9,11-13,15H,1-4H3,(H4,24,25,26,27)/t15-/m1/s1. The summed E-state index contributed by atoms with van der Waals surface area (Å²) in [5.41, 5.74) is 17.4. The lowest BCUT2D eigenvalue weighted by molar-refractivity contribution is 0.414. The summed E-state index contributed by atoms with van der Waals surface area (Å²) < 4.78 is 5.50. The fourth-order valence-electron chi connectivity index (χ4n) is 2.94. The fourth-order valence-corrected chi connectivity index (χ4v) is 2.94. The Morgan fingerprint density at radius 3 is 2.32 bits per heavy atom. The average molecular weight is 372 g/mol. The molecule has 1 heterocycles. The summed E-state index contributed by atoms with van der Waals surface area (Å²) in [5, 5.41) is 0. The first-order valence-electron chi connectivity index (χ1n) is 9.04. The topological polar surface area (TPSA) is 87.0 Å². The molecule has 0 unspecified atom stereocenters. The largest absolute Gasteiger partial charge is 0.497 e. The maximum absolute atomic E-state index is 5.95. The number of benzene rings is 2. The highest BCUT2D eigenvalue weighted by Crippen LogP contribution is 2.29. The van der Waals surface area contributed by atoms with E-state index in [0.29, 0.717) is 17.1 Å². The highest BCUT2D eigenvalue weighted by molar-refractivity contribution is 5.67. The van der Waals surface area contributed by atoms with Gasteiger partial charge < -0.3 is 16.2 Å². The SMILES string of the molecule is COc1cc(-c2ccc(C)cc2)cc([C@H](C)C#Cc2c(C)nc(N)nc2N)c1. The molecule has 0 saturated heterocycles. The molecule has 0 aliphatic heterocycles. The average Bonchev–Trinajstić information content (AvgIpc) is 2.67. The van der Waals surface area contributed by atoms with Crippen LogP contribution in [0.2, 0.25) is 0 Å². The molecule has 0 radical (unpaired) electrons. The first kappa shape index (κ1) is 19.2. The van der Waals surface area contributed by atoms with Crippen molar-refractivity contribution in [2.45, 2.75) is 26.7 Å². The maximum atomic E-state index is 5.95. The quantitative estimate of drug-likeness (QED) is 0.676. The predicted octanol–water partition coefficient (Wildman–Crippen LogP) is 4.09. The molecule has 5 heteroatoms. The van der Waals surface area contributed by atoms with Crippen LogP contribution in [0.1, 0.15) is 35.2 Å². The van der Waals surface area contributed by atoms with E-state index in [9.17, 15) is 0 Å². The Balaban J connectivity index is 1.98. The number of aromatic nitrogens is 2.